The van der Waals surface area contributed by atoms with E-state index in [1.165, 1.54) is 25.3 Å². The van der Waals surface area contributed by atoms with Crippen LogP contribution >= 0.6 is 0 Å². The van der Waals surface area contributed by atoms with E-state index in [-0.39, 0.29) is 11.1 Å². The largest absolute Gasteiger partial charge is 0.502 e. The Balaban J connectivity index is 1.83. The molecule has 0 spiro atoms. The van der Waals surface area contributed by atoms with Crippen LogP contribution in [0.3, 0.4) is 0 Å². The van der Waals surface area contributed by atoms with Crippen molar-refractivity contribution in [2.75, 3.05) is 0 Å². The molecule has 0 saturated heterocycles. The summed E-state index contributed by atoms with van der Waals surface area (Å²) < 4.78 is 14.4. The highest BCUT2D eigenvalue weighted by atomic mass is 19.1. The number of rotatable bonds is 2. The van der Waals surface area contributed by atoms with Crippen molar-refractivity contribution in [2.45, 2.75) is 43.9 Å². The lowest BCUT2D eigenvalue weighted by Gasteiger charge is -2.57. The predicted molar refractivity (Wildman–Crippen MR) is 74.6 cm³/mol. The van der Waals surface area contributed by atoms with Gasteiger partial charge in [0.25, 0.3) is 0 Å². The van der Waals surface area contributed by atoms with E-state index in [9.17, 15) is 19.6 Å². The molecular weight excluding hydrogens is 273 g/mol. The van der Waals surface area contributed by atoms with Crippen molar-refractivity contribution in [1.29, 1.82) is 0 Å². The summed E-state index contributed by atoms with van der Waals surface area (Å²) in [6.07, 6.45) is 6.54. The van der Waals surface area contributed by atoms with Gasteiger partial charge in [-0.25, -0.2) is 4.39 Å². The fourth-order valence-electron chi connectivity index (χ4n) is 5.54. The molecule has 1 aromatic rings. The minimum atomic E-state index is -0.626. The third kappa shape index (κ3) is 1.86. The van der Waals surface area contributed by atoms with E-state index in [0.29, 0.717) is 23.3 Å². The number of nitrogens with zero attached hydrogens (tertiary/aromatic N) is 1. The first-order chi connectivity index (χ1) is 9.97. The first-order valence-electron chi connectivity index (χ1n) is 7.64. The van der Waals surface area contributed by atoms with Gasteiger partial charge in [0.1, 0.15) is 5.82 Å². The number of benzene rings is 1. The molecule has 5 rings (SSSR count). The summed E-state index contributed by atoms with van der Waals surface area (Å²) in [5.41, 5.74) is -0.148. The number of aromatic hydroxyl groups is 1. The molecule has 1 aromatic carbocycles. The quantitative estimate of drug-likeness (QED) is 0.663. The van der Waals surface area contributed by atoms with Crippen LogP contribution in [-0.4, -0.2) is 10.0 Å². The molecule has 112 valence electrons. The van der Waals surface area contributed by atoms with Crippen LogP contribution in [0.4, 0.5) is 10.1 Å². The Hall–Kier alpha value is -1.65. The predicted octanol–water partition coefficient (Wildman–Crippen LogP) is 3.91. The molecule has 21 heavy (non-hydrogen) atoms. The zero-order valence-corrected chi connectivity index (χ0v) is 11.7. The maximum absolute atomic E-state index is 14.4. The van der Waals surface area contributed by atoms with Crippen molar-refractivity contribution in [2.24, 2.45) is 17.8 Å². The van der Waals surface area contributed by atoms with E-state index >= 15 is 0 Å². The number of hydrogen-bond acceptors (Lipinski definition) is 3. The van der Waals surface area contributed by atoms with Gasteiger partial charge in [0, 0.05) is 17.7 Å². The molecule has 4 fully saturated rings. The van der Waals surface area contributed by atoms with Crippen LogP contribution in [0, 0.1) is 33.7 Å². The average molecular weight is 291 g/mol. The molecule has 0 aromatic heterocycles. The molecule has 0 aliphatic heterocycles. The summed E-state index contributed by atoms with van der Waals surface area (Å²) >= 11 is 0. The van der Waals surface area contributed by atoms with Crippen LogP contribution in [-0.2, 0) is 5.41 Å². The number of hydrogen-bond donors (Lipinski definition) is 1. The Morgan fingerprint density at radius 2 is 1.67 bits per heavy atom. The lowest BCUT2D eigenvalue weighted by Crippen LogP contribution is -2.48. The van der Waals surface area contributed by atoms with Crippen LogP contribution in [0.2, 0.25) is 0 Å². The van der Waals surface area contributed by atoms with Gasteiger partial charge in [0.2, 0.25) is 0 Å². The normalized spacial score (nSPS) is 36.9. The lowest BCUT2D eigenvalue weighted by molar-refractivity contribution is -0.386. The van der Waals surface area contributed by atoms with Crippen molar-refractivity contribution < 1.29 is 14.4 Å². The summed E-state index contributed by atoms with van der Waals surface area (Å²) in [5, 5.41) is 20.6. The van der Waals surface area contributed by atoms with Crippen molar-refractivity contribution in [3.63, 3.8) is 0 Å². The maximum atomic E-state index is 14.4. The lowest BCUT2D eigenvalue weighted by atomic mass is 9.48. The molecule has 4 bridgehead atoms. The van der Waals surface area contributed by atoms with Gasteiger partial charge in [0.05, 0.1) is 4.92 Å². The van der Waals surface area contributed by atoms with Gasteiger partial charge >= 0.3 is 5.69 Å². The van der Waals surface area contributed by atoms with Crippen LogP contribution < -0.4 is 0 Å². The highest BCUT2D eigenvalue weighted by Crippen LogP contribution is 2.61. The molecule has 4 aliphatic rings. The van der Waals surface area contributed by atoms with Gasteiger partial charge in [-0.1, -0.05) is 0 Å². The van der Waals surface area contributed by atoms with E-state index in [1.807, 2.05) is 0 Å². The third-order valence-electron chi connectivity index (χ3n) is 5.87. The van der Waals surface area contributed by atoms with E-state index in [2.05, 4.69) is 0 Å². The van der Waals surface area contributed by atoms with Gasteiger partial charge < -0.3 is 5.11 Å². The molecule has 0 amide bonds. The van der Waals surface area contributed by atoms with Crippen molar-refractivity contribution in [3.05, 3.63) is 33.6 Å². The van der Waals surface area contributed by atoms with Gasteiger partial charge in [-0.15, -0.1) is 0 Å². The smallest absolute Gasteiger partial charge is 0.311 e. The summed E-state index contributed by atoms with van der Waals surface area (Å²) in [7, 11) is 0. The second kappa shape index (κ2) is 4.18. The van der Waals surface area contributed by atoms with E-state index < -0.39 is 16.5 Å². The Labute approximate surface area is 122 Å². The third-order valence-corrected chi connectivity index (χ3v) is 5.87. The molecule has 5 heteroatoms. The second-order valence-electron chi connectivity index (χ2n) is 7.28. The van der Waals surface area contributed by atoms with Gasteiger partial charge in [-0.3, -0.25) is 10.1 Å². The van der Waals surface area contributed by atoms with Crippen LogP contribution in [0.25, 0.3) is 0 Å². The van der Waals surface area contributed by atoms with Crippen LogP contribution in [0.5, 0.6) is 5.75 Å². The Bertz CT molecular complexity index is 593. The average Bonchev–Trinajstić information content (AvgIpc) is 2.35. The maximum Gasteiger partial charge on any atom is 0.311 e. The molecule has 0 atom stereocenters. The molecule has 4 saturated carbocycles. The number of phenols is 1. The van der Waals surface area contributed by atoms with Crippen LogP contribution in [0.1, 0.15) is 44.1 Å². The van der Waals surface area contributed by atoms with Crippen molar-refractivity contribution in [3.8, 4) is 5.75 Å². The first kappa shape index (κ1) is 13.0. The fraction of sp³-hybridized carbons (Fsp3) is 0.625. The zero-order valence-electron chi connectivity index (χ0n) is 11.7. The molecule has 4 aliphatic carbocycles. The monoisotopic (exact) mass is 291 g/mol. The van der Waals surface area contributed by atoms with E-state index in [1.54, 1.807) is 0 Å². The Morgan fingerprint density at radius 1 is 1.14 bits per heavy atom. The molecule has 1 N–H and O–H groups in total. The Kier molecular flexibility index (Phi) is 2.60. The molecular formula is C16H18FNO3. The van der Waals surface area contributed by atoms with E-state index in [4.69, 9.17) is 0 Å². The van der Waals surface area contributed by atoms with Gasteiger partial charge in [0.15, 0.2) is 5.75 Å². The summed E-state index contributed by atoms with van der Waals surface area (Å²) in [4.78, 5) is 10.4. The molecule has 0 heterocycles. The number of halogens is 1. The summed E-state index contributed by atoms with van der Waals surface area (Å²) in [6.45, 7) is 0. The Morgan fingerprint density at radius 3 is 2.14 bits per heavy atom. The highest BCUT2D eigenvalue weighted by molar-refractivity contribution is 5.50. The zero-order chi connectivity index (χ0) is 14.8. The van der Waals surface area contributed by atoms with Crippen LogP contribution in [0.15, 0.2) is 12.1 Å². The fourth-order valence-corrected chi connectivity index (χ4v) is 5.54. The van der Waals surface area contributed by atoms with Crippen molar-refractivity contribution >= 4 is 5.69 Å². The van der Waals surface area contributed by atoms with Gasteiger partial charge in [-0.05, 0) is 61.7 Å². The van der Waals surface area contributed by atoms with Gasteiger partial charge in [-0.2, -0.15) is 0 Å². The van der Waals surface area contributed by atoms with E-state index in [0.717, 1.165) is 25.3 Å². The molecule has 0 radical (unpaired) electrons. The minimum absolute atomic E-state index is 0.239. The number of nitro benzene ring substituents is 1. The molecule has 4 nitrogen and oxygen atoms in total. The topological polar surface area (TPSA) is 63.4 Å². The van der Waals surface area contributed by atoms with Crippen molar-refractivity contribution in [1.82, 2.24) is 0 Å². The first-order valence-corrected chi connectivity index (χ1v) is 7.64. The minimum Gasteiger partial charge on any atom is -0.502 e. The number of nitro groups is 1. The number of phenolic OH excluding ortho intramolecular Hbond substituents is 1. The highest BCUT2D eigenvalue weighted by Gasteiger charge is 2.52. The second-order valence-corrected chi connectivity index (χ2v) is 7.28. The standard InChI is InChI=1S/C16H18FNO3/c17-13-5-15(19)14(18(20)21)4-12(13)16-6-9-1-10(7-16)3-11(2-9)8-16/h4-5,9-11,19H,1-3,6-8H2. The summed E-state index contributed by atoms with van der Waals surface area (Å²) in [6, 6.07) is 2.21. The summed E-state index contributed by atoms with van der Waals surface area (Å²) in [5.74, 6) is 0.863. The molecule has 0 unspecified atom stereocenters. The SMILES string of the molecule is O=[N+]([O-])c1cc(C23CC4CC(CC(C4)C2)C3)c(F)cc1O.